The zero-order chi connectivity index (χ0) is 62.3. The molecule has 8 atom stereocenters. The molecule has 1 saturated heterocycles. The summed E-state index contributed by atoms with van der Waals surface area (Å²) >= 11 is 0. The number of aromatic hydroxyl groups is 1. The first kappa shape index (κ1) is 66.3. The summed E-state index contributed by atoms with van der Waals surface area (Å²) in [5, 5.41) is 32.7. The van der Waals surface area contributed by atoms with Crippen LogP contribution >= 0.6 is 0 Å². The highest BCUT2D eigenvalue weighted by Crippen LogP contribution is 2.20. The maximum atomic E-state index is 15.1. The lowest BCUT2D eigenvalue weighted by Gasteiger charge is -2.31. The largest absolute Gasteiger partial charge is 0.508 e. The lowest BCUT2D eigenvalue weighted by atomic mass is 10.0. The molecule has 0 unspecified atom stereocenters. The number of likely N-dealkylation sites (N-methyl/N-ethyl adjacent to an activating group) is 1. The number of phenolic OH excluding ortho intramolecular Hbond substituents is 1. The third-order valence-corrected chi connectivity index (χ3v) is 12.9. The van der Waals surface area contributed by atoms with Crippen LogP contribution in [0.4, 0.5) is 4.79 Å². The Bertz CT molecular complexity index is 3000. The summed E-state index contributed by atoms with van der Waals surface area (Å²) in [6.07, 6.45) is -4.55. The lowest BCUT2D eigenvalue weighted by Crippen LogP contribution is -2.59. The van der Waals surface area contributed by atoms with Gasteiger partial charge in [0.2, 0.25) is 23.6 Å². The molecule has 0 aliphatic carbocycles. The molecule has 1 aliphatic rings. The van der Waals surface area contributed by atoms with Gasteiger partial charge in [0.25, 0.3) is 23.6 Å². The molecule has 4 aromatic rings. The van der Waals surface area contributed by atoms with Crippen LogP contribution in [0.15, 0.2) is 121 Å². The second-order valence-electron chi connectivity index (χ2n) is 20.3. The number of carbonyl (C=O) groups excluding carboxylic acids is 11. The van der Waals surface area contributed by atoms with Gasteiger partial charge in [-0.2, -0.15) is 0 Å². The van der Waals surface area contributed by atoms with Gasteiger partial charge in [-0.3, -0.25) is 38.4 Å². The number of hydrogen-bond acceptors (Lipinski definition) is 18. The Morgan fingerprint density at radius 2 is 1.19 bits per heavy atom. The third kappa shape index (κ3) is 21.0. The van der Waals surface area contributed by atoms with Crippen molar-refractivity contribution in [2.75, 3.05) is 13.7 Å². The Kier molecular flexibility index (Phi) is 25.2. The highest BCUT2D eigenvalue weighted by Gasteiger charge is 2.40. The van der Waals surface area contributed by atoms with Crippen LogP contribution < -0.4 is 38.1 Å². The van der Waals surface area contributed by atoms with Crippen LogP contribution in [-0.2, 0) is 86.6 Å². The summed E-state index contributed by atoms with van der Waals surface area (Å²) in [5.41, 5.74) is 12.6. The van der Waals surface area contributed by atoms with E-state index in [-0.39, 0.29) is 56.1 Å². The maximum Gasteiger partial charge on any atom is 0.408 e. The van der Waals surface area contributed by atoms with Crippen LogP contribution in [0, 0.1) is 5.92 Å². The molecule has 0 bridgehead atoms. The number of imide groups is 1. The zero-order valence-corrected chi connectivity index (χ0v) is 47.5. The molecule has 9 amide bonds. The summed E-state index contributed by atoms with van der Waals surface area (Å²) in [4.78, 5) is 156. The molecule has 1 heterocycles. The van der Waals surface area contributed by atoms with Crippen molar-refractivity contribution in [2.24, 2.45) is 17.4 Å². The van der Waals surface area contributed by atoms with E-state index in [2.05, 4.69) is 26.6 Å². The van der Waals surface area contributed by atoms with Crippen molar-refractivity contribution < 1.29 is 82.0 Å². The highest BCUT2D eigenvalue weighted by molar-refractivity contribution is 6.05. The monoisotopic (exact) mass is 1180 g/mol. The molecular formula is C59H71N9O17. The fraction of sp³-hybridized carbons (Fsp3) is 0.373. The van der Waals surface area contributed by atoms with E-state index in [4.69, 9.17) is 30.5 Å². The number of rotatable bonds is 30. The number of nitrogens with two attached hydrogens (primary N) is 2. The van der Waals surface area contributed by atoms with Crippen molar-refractivity contribution in [3.63, 3.8) is 0 Å². The fourth-order valence-electron chi connectivity index (χ4n) is 8.24. The minimum Gasteiger partial charge on any atom is -0.508 e. The molecule has 454 valence electrons. The Labute approximate surface area is 489 Å². The SMILES string of the molecule is CC(C)C[C@H](NC(=O)/C(=C\c1ccc(O)cc1)N(C)C(=O)[C@@H](NC(=O)OCc1ccccc1)[C@@H](C)OC(=O)[C@H](COCc1ccccc1)NC(=O)[C@H](CC(N)=O)NC(=O)[C@@H](N)[C@H](C)O)C(=O)N[C@H](Cc1ccccc1)C(=O)ON1C(=O)CCC1=O. The van der Waals surface area contributed by atoms with Gasteiger partial charge in [0, 0.05) is 26.3 Å². The molecule has 85 heavy (non-hydrogen) atoms. The van der Waals surface area contributed by atoms with Crippen LogP contribution in [0.5, 0.6) is 5.75 Å². The number of amides is 9. The number of benzene rings is 4. The molecule has 11 N–H and O–H groups in total. The summed E-state index contributed by atoms with van der Waals surface area (Å²) in [7, 11) is 1.13. The van der Waals surface area contributed by atoms with Crippen molar-refractivity contribution in [2.45, 2.75) is 121 Å². The predicted molar refractivity (Wildman–Crippen MR) is 302 cm³/mol. The number of primary amides is 1. The van der Waals surface area contributed by atoms with Crippen LogP contribution in [0.2, 0.25) is 0 Å². The number of phenols is 1. The smallest absolute Gasteiger partial charge is 0.408 e. The Hall–Kier alpha value is -9.53. The number of alkyl carbamates (subject to hydrolysis) is 1. The molecule has 26 heteroatoms. The maximum absolute atomic E-state index is 15.1. The first-order valence-corrected chi connectivity index (χ1v) is 27.0. The summed E-state index contributed by atoms with van der Waals surface area (Å²) < 4.78 is 17.1. The van der Waals surface area contributed by atoms with E-state index in [1.165, 1.54) is 44.2 Å². The molecule has 1 aliphatic heterocycles. The van der Waals surface area contributed by atoms with E-state index in [1.54, 1.807) is 105 Å². The van der Waals surface area contributed by atoms with E-state index < -0.39 is 132 Å². The number of ether oxygens (including phenoxy) is 3. The van der Waals surface area contributed by atoms with Gasteiger partial charge >= 0.3 is 18.0 Å². The van der Waals surface area contributed by atoms with E-state index in [1.807, 2.05) is 0 Å². The number of nitrogens with zero attached hydrogens (tertiary/aromatic N) is 2. The first-order chi connectivity index (χ1) is 40.4. The van der Waals surface area contributed by atoms with Gasteiger partial charge in [-0.25, -0.2) is 14.4 Å². The Balaban J connectivity index is 1.49. The minimum atomic E-state index is -1.95. The summed E-state index contributed by atoms with van der Waals surface area (Å²) in [6.45, 7) is 4.85. The molecule has 0 aromatic heterocycles. The molecule has 26 nitrogen and oxygen atoms in total. The van der Waals surface area contributed by atoms with Gasteiger partial charge < -0.3 is 72.2 Å². The number of hydroxylamine groups is 2. The standard InChI is InChI=1S/C59H71N9O17/c1-34(2)27-42(52(74)64-44(28-37-15-9-6-10-16-37)58(80)85-68-48(72)25-26-49(68)73)62-54(76)46(29-38-21-23-41(70)24-22-38)67(5)56(78)51(66-59(81)83-32-40-19-13-8-14-20-40)36(4)84-57(79)45(33-82-31-39-17-11-7-12-18-39)65-53(75)43(30-47(60)71)63-55(77)50(61)35(3)69/h6-24,29,34-36,42-45,50-51,69-70H,25-28,30-33,61H2,1-5H3,(H2,60,71)(H,62,76)(H,63,77)(H,64,74)(H,65,75)(H,66,81)/b46-29+/t35-,36+,42-,43-,44+,45-,50-,51-/m0/s1. The van der Waals surface area contributed by atoms with Crippen LogP contribution in [0.3, 0.4) is 0 Å². The van der Waals surface area contributed by atoms with Crippen molar-refractivity contribution in [1.82, 2.24) is 36.5 Å². The minimum absolute atomic E-state index is 0.0693. The predicted octanol–water partition coefficient (Wildman–Crippen LogP) is 1.05. The second-order valence-corrected chi connectivity index (χ2v) is 20.3. The van der Waals surface area contributed by atoms with Gasteiger partial charge in [0.1, 0.15) is 54.4 Å². The van der Waals surface area contributed by atoms with Gasteiger partial charge in [-0.15, -0.1) is 5.06 Å². The molecule has 4 aromatic carbocycles. The fourth-order valence-corrected chi connectivity index (χ4v) is 8.24. The van der Waals surface area contributed by atoms with E-state index >= 15 is 4.79 Å². The van der Waals surface area contributed by atoms with E-state index in [0.717, 1.165) is 11.9 Å². The van der Waals surface area contributed by atoms with Crippen LogP contribution in [0.25, 0.3) is 6.08 Å². The average molecular weight is 1180 g/mol. The number of esters is 1. The molecule has 0 saturated carbocycles. The van der Waals surface area contributed by atoms with Crippen LogP contribution in [-0.4, -0.2) is 148 Å². The highest BCUT2D eigenvalue weighted by atomic mass is 16.7. The molecule has 5 rings (SSSR count). The number of aliphatic hydroxyl groups is 1. The Morgan fingerprint density at radius 3 is 1.74 bits per heavy atom. The van der Waals surface area contributed by atoms with Gasteiger partial charge in [-0.1, -0.05) is 117 Å². The van der Waals surface area contributed by atoms with Gasteiger partial charge in [0.15, 0.2) is 6.04 Å². The quantitative estimate of drug-likeness (QED) is 0.0200. The van der Waals surface area contributed by atoms with Crippen molar-refractivity contribution in [3.8, 4) is 5.75 Å². The summed E-state index contributed by atoms with van der Waals surface area (Å²) in [5.74, 6) is -10.8. The topological polar surface area (TPSA) is 384 Å². The van der Waals surface area contributed by atoms with Gasteiger partial charge in [0.05, 0.1) is 25.7 Å². The normalized spacial score (nSPS) is 15.1. The van der Waals surface area contributed by atoms with Crippen molar-refractivity contribution >= 4 is 71.4 Å². The van der Waals surface area contributed by atoms with Crippen LogP contribution in [0.1, 0.15) is 75.6 Å². The van der Waals surface area contributed by atoms with E-state index in [9.17, 15) is 58.2 Å². The third-order valence-electron chi connectivity index (χ3n) is 12.9. The second kappa shape index (κ2) is 32.4. The van der Waals surface area contributed by atoms with Crippen molar-refractivity contribution in [1.29, 1.82) is 0 Å². The van der Waals surface area contributed by atoms with E-state index in [0.29, 0.717) is 21.8 Å². The zero-order valence-electron chi connectivity index (χ0n) is 47.5. The number of aliphatic hydroxyl groups excluding tert-OH is 1. The number of carbonyl (C=O) groups is 11. The molecule has 0 spiro atoms. The average Bonchev–Trinajstić information content (AvgIpc) is 3.93. The molecule has 1 fully saturated rings. The van der Waals surface area contributed by atoms with Gasteiger partial charge in [-0.05, 0) is 66.6 Å². The lowest BCUT2D eigenvalue weighted by molar-refractivity contribution is -0.199. The first-order valence-electron chi connectivity index (χ1n) is 27.0. The number of hydrogen-bond donors (Lipinski definition) is 9. The van der Waals surface area contributed by atoms with Crippen molar-refractivity contribution in [3.05, 3.63) is 143 Å². The number of nitrogens with one attached hydrogen (secondary N) is 5. The summed E-state index contributed by atoms with van der Waals surface area (Å²) in [6, 6.07) is 20.8. The molecular weight excluding hydrogens is 1110 g/mol. The molecule has 0 radical (unpaired) electrons. The Morgan fingerprint density at radius 1 is 0.659 bits per heavy atom.